The Bertz CT molecular complexity index is 1370. The monoisotopic (exact) mass is 493 g/mol. The van der Waals surface area contributed by atoms with E-state index in [0.29, 0.717) is 6.42 Å². The fraction of sp³-hybridized carbons (Fsp3) is 0.261. The van der Waals surface area contributed by atoms with Crippen LogP contribution in [0.3, 0.4) is 0 Å². The molecule has 5 rings (SSSR count). The predicted molar refractivity (Wildman–Crippen MR) is 111 cm³/mol. The summed E-state index contributed by atoms with van der Waals surface area (Å²) < 4.78 is 77.0. The van der Waals surface area contributed by atoms with Gasteiger partial charge in [-0.25, -0.2) is 4.68 Å². The SMILES string of the molecule is CN(C(=O)c1cccc(-n2nc(C(F)(F)F)c3c2C(=O)CCC3)c1)c1ccc2c(c1)OC(F)(F)O2. The Labute approximate surface area is 194 Å². The molecule has 2 aromatic carbocycles. The van der Waals surface area contributed by atoms with Crippen LogP contribution in [-0.2, 0) is 12.6 Å². The number of carbonyl (C=O) groups is 2. The van der Waals surface area contributed by atoms with Gasteiger partial charge < -0.3 is 14.4 Å². The molecule has 12 heteroatoms. The number of fused-ring (bicyclic) bond motifs is 2. The van der Waals surface area contributed by atoms with Crippen molar-refractivity contribution in [2.24, 2.45) is 0 Å². The summed E-state index contributed by atoms with van der Waals surface area (Å²) in [5.74, 6) is -1.47. The fourth-order valence-electron chi connectivity index (χ4n) is 4.16. The zero-order chi connectivity index (χ0) is 25.1. The van der Waals surface area contributed by atoms with Gasteiger partial charge in [-0.2, -0.15) is 18.3 Å². The number of aromatic nitrogens is 2. The Hall–Kier alpha value is -3.96. The first kappa shape index (κ1) is 22.8. The van der Waals surface area contributed by atoms with Gasteiger partial charge in [0, 0.05) is 36.3 Å². The van der Waals surface area contributed by atoms with Crippen LogP contribution in [0.15, 0.2) is 42.5 Å². The van der Waals surface area contributed by atoms with Crippen LogP contribution in [0.25, 0.3) is 5.69 Å². The van der Waals surface area contributed by atoms with Gasteiger partial charge in [-0.1, -0.05) is 6.07 Å². The summed E-state index contributed by atoms with van der Waals surface area (Å²) in [7, 11) is 1.39. The van der Waals surface area contributed by atoms with E-state index < -0.39 is 29.9 Å². The van der Waals surface area contributed by atoms with Crippen LogP contribution in [-0.4, -0.2) is 34.8 Å². The molecule has 2 aliphatic rings. The Morgan fingerprint density at radius 3 is 2.57 bits per heavy atom. The molecule has 182 valence electrons. The van der Waals surface area contributed by atoms with E-state index in [1.807, 2.05) is 0 Å². The van der Waals surface area contributed by atoms with Gasteiger partial charge in [-0.3, -0.25) is 9.59 Å². The summed E-state index contributed by atoms with van der Waals surface area (Å²) in [6.45, 7) is 0. The second kappa shape index (κ2) is 7.79. The first-order valence-electron chi connectivity index (χ1n) is 10.5. The molecule has 2 heterocycles. The average Bonchev–Trinajstić information content (AvgIpc) is 3.35. The van der Waals surface area contributed by atoms with E-state index >= 15 is 0 Å². The number of nitrogens with zero attached hydrogens (tertiary/aromatic N) is 3. The van der Waals surface area contributed by atoms with Crippen LogP contribution in [0.2, 0.25) is 0 Å². The Balaban J connectivity index is 1.49. The molecule has 1 aliphatic heterocycles. The summed E-state index contributed by atoms with van der Waals surface area (Å²) in [4.78, 5) is 26.8. The third-order valence-electron chi connectivity index (χ3n) is 5.76. The minimum atomic E-state index is -4.74. The lowest BCUT2D eigenvalue weighted by molar-refractivity contribution is -0.286. The number of ether oxygens (including phenoxy) is 2. The normalized spacial score (nSPS) is 16.2. The van der Waals surface area contributed by atoms with E-state index in [1.54, 1.807) is 0 Å². The van der Waals surface area contributed by atoms with Gasteiger partial charge in [-0.15, -0.1) is 8.78 Å². The molecule has 0 radical (unpaired) electrons. The highest BCUT2D eigenvalue weighted by atomic mass is 19.4. The van der Waals surface area contributed by atoms with Gasteiger partial charge in [-0.05, 0) is 43.2 Å². The maximum atomic E-state index is 13.6. The first-order valence-corrected chi connectivity index (χ1v) is 10.5. The van der Waals surface area contributed by atoms with E-state index in [4.69, 9.17) is 0 Å². The Morgan fingerprint density at radius 1 is 1.09 bits per heavy atom. The fourth-order valence-corrected chi connectivity index (χ4v) is 4.16. The maximum Gasteiger partial charge on any atom is 0.586 e. The minimum Gasteiger partial charge on any atom is -0.395 e. The zero-order valence-corrected chi connectivity index (χ0v) is 18.0. The summed E-state index contributed by atoms with van der Waals surface area (Å²) in [6, 6.07) is 9.45. The maximum absolute atomic E-state index is 13.6. The molecule has 0 bridgehead atoms. The van der Waals surface area contributed by atoms with Crippen molar-refractivity contribution >= 4 is 17.4 Å². The molecule has 0 spiro atoms. The summed E-state index contributed by atoms with van der Waals surface area (Å²) >= 11 is 0. The third-order valence-corrected chi connectivity index (χ3v) is 5.76. The first-order chi connectivity index (χ1) is 16.4. The number of Topliss-reactive ketones (excluding diaryl/α,β-unsaturated/α-hetero) is 1. The summed E-state index contributed by atoms with van der Waals surface area (Å²) in [5.41, 5.74) is -1.01. The zero-order valence-electron chi connectivity index (χ0n) is 18.0. The van der Waals surface area contributed by atoms with Crippen molar-refractivity contribution in [3.05, 3.63) is 65.0 Å². The van der Waals surface area contributed by atoms with Crippen LogP contribution in [0.1, 0.15) is 44.9 Å². The number of anilines is 1. The van der Waals surface area contributed by atoms with Crippen molar-refractivity contribution in [1.29, 1.82) is 0 Å². The average molecular weight is 493 g/mol. The van der Waals surface area contributed by atoms with Crippen LogP contribution >= 0.6 is 0 Å². The van der Waals surface area contributed by atoms with Crippen LogP contribution < -0.4 is 14.4 Å². The molecule has 0 fully saturated rings. The lowest BCUT2D eigenvalue weighted by atomic mass is 9.94. The number of halogens is 5. The molecule has 0 unspecified atom stereocenters. The number of amides is 1. The Morgan fingerprint density at radius 2 is 1.83 bits per heavy atom. The van der Waals surface area contributed by atoms with Crippen molar-refractivity contribution < 1.29 is 41.0 Å². The lowest BCUT2D eigenvalue weighted by Gasteiger charge is -2.18. The highest BCUT2D eigenvalue weighted by molar-refractivity contribution is 6.06. The highest BCUT2D eigenvalue weighted by Gasteiger charge is 2.44. The molecule has 0 saturated carbocycles. The van der Waals surface area contributed by atoms with E-state index in [-0.39, 0.29) is 52.5 Å². The van der Waals surface area contributed by atoms with Crippen molar-refractivity contribution in [2.45, 2.75) is 31.7 Å². The molecule has 0 atom stereocenters. The van der Waals surface area contributed by atoms with Crippen molar-refractivity contribution in [2.75, 3.05) is 11.9 Å². The molecule has 3 aromatic rings. The van der Waals surface area contributed by atoms with E-state index in [9.17, 15) is 31.5 Å². The van der Waals surface area contributed by atoms with E-state index in [0.717, 1.165) is 9.58 Å². The van der Waals surface area contributed by atoms with Gasteiger partial charge in [0.05, 0.1) is 5.69 Å². The quantitative estimate of drug-likeness (QED) is 0.480. The second-order valence-electron chi connectivity index (χ2n) is 8.08. The lowest BCUT2D eigenvalue weighted by Crippen LogP contribution is -2.26. The van der Waals surface area contributed by atoms with Gasteiger partial charge in [0.25, 0.3) is 5.91 Å². The molecule has 1 aliphatic carbocycles. The number of carbonyl (C=O) groups excluding carboxylic acids is 2. The van der Waals surface area contributed by atoms with Crippen molar-refractivity contribution in [3.8, 4) is 17.2 Å². The van der Waals surface area contributed by atoms with Gasteiger partial charge in [0.2, 0.25) is 0 Å². The number of hydrogen-bond donors (Lipinski definition) is 0. The summed E-state index contributed by atoms with van der Waals surface area (Å²) in [5, 5.41) is 3.68. The van der Waals surface area contributed by atoms with Gasteiger partial charge >= 0.3 is 12.5 Å². The van der Waals surface area contributed by atoms with Gasteiger partial charge in [0.1, 0.15) is 5.69 Å². The molecule has 1 amide bonds. The van der Waals surface area contributed by atoms with Crippen molar-refractivity contribution in [1.82, 2.24) is 9.78 Å². The van der Waals surface area contributed by atoms with Crippen molar-refractivity contribution in [3.63, 3.8) is 0 Å². The molecule has 35 heavy (non-hydrogen) atoms. The van der Waals surface area contributed by atoms with E-state index in [1.165, 1.54) is 49.5 Å². The molecule has 1 aromatic heterocycles. The number of hydrogen-bond acceptors (Lipinski definition) is 5. The number of rotatable bonds is 3. The highest BCUT2D eigenvalue weighted by Crippen LogP contribution is 2.43. The molecule has 0 N–H and O–H groups in total. The third kappa shape index (κ3) is 3.98. The number of alkyl halides is 5. The van der Waals surface area contributed by atoms with Crippen LogP contribution in [0.5, 0.6) is 11.5 Å². The standard InChI is InChI=1S/C23H16F5N3O4/c1-30(13-8-9-17-18(11-13)35-23(27,28)34-17)21(33)12-4-2-5-14(10-12)31-19-15(6-3-7-16(19)32)20(29-31)22(24,25)26/h2,4-5,8-11H,3,6-7H2,1H3. The number of benzene rings is 2. The van der Waals surface area contributed by atoms with Crippen LogP contribution in [0.4, 0.5) is 27.6 Å². The van der Waals surface area contributed by atoms with Gasteiger partial charge in [0.15, 0.2) is 23.0 Å². The van der Waals surface area contributed by atoms with Crippen LogP contribution in [0, 0.1) is 0 Å². The smallest absolute Gasteiger partial charge is 0.395 e. The topological polar surface area (TPSA) is 73.7 Å². The molecule has 7 nitrogen and oxygen atoms in total. The second-order valence-corrected chi connectivity index (χ2v) is 8.08. The summed E-state index contributed by atoms with van der Waals surface area (Å²) in [6.07, 6.45) is -8.09. The minimum absolute atomic E-state index is 0.0699. The number of ketones is 1. The largest absolute Gasteiger partial charge is 0.586 e. The predicted octanol–water partition coefficient (Wildman–Crippen LogP) is 5.01. The molecule has 0 saturated heterocycles. The van der Waals surface area contributed by atoms with E-state index in [2.05, 4.69) is 14.6 Å². The Kier molecular flexibility index (Phi) is 5.08. The molecular formula is C23H16F5N3O4. The molecular weight excluding hydrogens is 477 g/mol.